The van der Waals surface area contributed by atoms with Gasteiger partial charge in [-0.05, 0) is 41.5 Å². The number of nitrogens with zero attached hydrogens (tertiary/aromatic N) is 2. The summed E-state index contributed by atoms with van der Waals surface area (Å²) in [5, 5.41) is -0.945. The molecule has 7 heteroatoms. The van der Waals surface area contributed by atoms with Crippen LogP contribution >= 0.6 is 0 Å². The normalized spacial score (nSPS) is 21.7. The minimum atomic E-state index is -3.62. The van der Waals surface area contributed by atoms with Crippen LogP contribution in [0.4, 0.5) is 11.5 Å². The van der Waals surface area contributed by atoms with E-state index in [2.05, 4.69) is 4.98 Å². The average Bonchev–Trinajstić information content (AvgIpc) is 2.73. The van der Waals surface area contributed by atoms with Gasteiger partial charge < -0.3 is 4.74 Å². The molecule has 2 aliphatic rings. The van der Waals surface area contributed by atoms with Gasteiger partial charge in [0, 0.05) is 11.8 Å². The summed E-state index contributed by atoms with van der Waals surface area (Å²) in [6.07, 6.45) is 1.58. The van der Waals surface area contributed by atoms with E-state index in [1.54, 1.807) is 30.5 Å². The molecule has 3 heterocycles. The maximum absolute atomic E-state index is 13.7. The molecule has 0 aliphatic carbocycles. The number of rotatable bonds is 2. The van der Waals surface area contributed by atoms with Crippen LogP contribution in [0.1, 0.15) is 27.9 Å². The van der Waals surface area contributed by atoms with Crippen LogP contribution in [-0.2, 0) is 20.4 Å². The van der Waals surface area contributed by atoms with Gasteiger partial charge in [0.2, 0.25) is 5.91 Å². The number of fused-ring (bicyclic) bond motifs is 5. The highest BCUT2D eigenvalue weighted by atomic mass is 32.2. The van der Waals surface area contributed by atoms with Gasteiger partial charge in [0.05, 0.1) is 24.5 Å². The zero-order valence-electron chi connectivity index (χ0n) is 15.6. The van der Waals surface area contributed by atoms with Crippen molar-refractivity contribution in [2.45, 2.75) is 16.9 Å². The first-order valence-electron chi connectivity index (χ1n) is 9.23. The monoisotopic (exact) mass is 406 g/mol. The molecule has 2 aliphatic heterocycles. The second kappa shape index (κ2) is 6.42. The largest absolute Gasteiger partial charge is 0.497 e. The van der Waals surface area contributed by atoms with E-state index in [1.807, 2.05) is 36.4 Å². The number of anilines is 2. The Morgan fingerprint density at radius 3 is 2.59 bits per heavy atom. The van der Waals surface area contributed by atoms with Crippen LogP contribution in [0.5, 0.6) is 5.75 Å². The number of hydrogen-bond acceptors (Lipinski definition) is 5. The number of hydrogen-bond donors (Lipinski definition) is 0. The molecule has 1 aromatic heterocycles. The Morgan fingerprint density at radius 1 is 1.03 bits per heavy atom. The van der Waals surface area contributed by atoms with Crippen molar-refractivity contribution in [2.75, 3.05) is 12.0 Å². The Morgan fingerprint density at radius 2 is 1.83 bits per heavy atom. The highest BCUT2D eigenvalue weighted by Crippen LogP contribution is 2.52. The molecule has 0 spiro atoms. The summed E-state index contributed by atoms with van der Waals surface area (Å²) >= 11 is 0. The lowest BCUT2D eigenvalue weighted by Crippen LogP contribution is -2.44. The number of sulfone groups is 1. The van der Waals surface area contributed by atoms with Crippen molar-refractivity contribution in [2.24, 2.45) is 0 Å². The maximum Gasteiger partial charge on any atom is 0.241 e. The van der Waals surface area contributed by atoms with Crippen LogP contribution in [0.2, 0.25) is 0 Å². The van der Waals surface area contributed by atoms with Crippen LogP contribution in [0, 0.1) is 0 Å². The third-order valence-electron chi connectivity index (χ3n) is 5.57. The molecular weight excluding hydrogens is 388 g/mol. The van der Waals surface area contributed by atoms with Crippen molar-refractivity contribution in [1.29, 1.82) is 0 Å². The number of pyridine rings is 1. The number of ether oxygens (including phenoxy) is 1. The van der Waals surface area contributed by atoms with Crippen molar-refractivity contribution in [3.8, 4) is 5.75 Å². The molecule has 2 aromatic carbocycles. The van der Waals surface area contributed by atoms with Gasteiger partial charge in [0.15, 0.2) is 9.84 Å². The van der Waals surface area contributed by atoms with E-state index in [-0.39, 0.29) is 11.7 Å². The maximum atomic E-state index is 13.7. The number of para-hydroxylation sites is 1. The molecular formula is C22H18N2O4S. The van der Waals surface area contributed by atoms with Crippen molar-refractivity contribution in [3.05, 3.63) is 83.6 Å². The zero-order chi connectivity index (χ0) is 20.2. The van der Waals surface area contributed by atoms with Gasteiger partial charge in [-0.25, -0.2) is 13.4 Å². The highest BCUT2D eigenvalue weighted by molar-refractivity contribution is 7.91. The van der Waals surface area contributed by atoms with E-state index in [4.69, 9.17) is 4.74 Å². The fourth-order valence-corrected chi connectivity index (χ4v) is 6.45. The molecule has 3 aromatic rings. The molecule has 0 saturated carbocycles. The van der Waals surface area contributed by atoms with Crippen LogP contribution in [0.15, 0.2) is 66.9 Å². The van der Waals surface area contributed by atoms with Gasteiger partial charge in [0.25, 0.3) is 0 Å². The predicted octanol–water partition coefficient (Wildman–Crippen LogP) is 3.52. The lowest BCUT2D eigenvalue weighted by atomic mass is 9.84. The van der Waals surface area contributed by atoms with E-state index in [0.29, 0.717) is 28.4 Å². The number of amides is 1. The zero-order valence-corrected chi connectivity index (χ0v) is 16.5. The molecule has 146 valence electrons. The molecule has 0 N–H and O–H groups in total. The SMILES string of the molecule is COc1ccc2c(c1)CS(=O)(=O)[C@H]1c3cccnc3N(c3ccccc3)C(=O)[C@@H]21. The van der Waals surface area contributed by atoms with Gasteiger partial charge >= 0.3 is 0 Å². The molecule has 29 heavy (non-hydrogen) atoms. The number of carbonyl (C=O) groups is 1. The molecule has 0 unspecified atom stereocenters. The summed E-state index contributed by atoms with van der Waals surface area (Å²) in [6, 6.07) is 18.0. The molecule has 6 nitrogen and oxygen atoms in total. The van der Waals surface area contributed by atoms with Gasteiger partial charge in [-0.3, -0.25) is 9.69 Å². The Balaban J connectivity index is 1.79. The van der Waals surface area contributed by atoms with Crippen molar-refractivity contribution in [3.63, 3.8) is 0 Å². The summed E-state index contributed by atoms with van der Waals surface area (Å²) in [7, 11) is -2.08. The van der Waals surface area contributed by atoms with Crippen molar-refractivity contribution in [1.82, 2.24) is 4.98 Å². The molecule has 0 saturated heterocycles. The topological polar surface area (TPSA) is 76.6 Å². The van der Waals surface area contributed by atoms with Crippen LogP contribution < -0.4 is 9.64 Å². The first-order valence-corrected chi connectivity index (χ1v) is 10.9. The van der Waals surface area contributed by atoms with Gasteiger partial charge in [-0.2, -0.15) is 0 Å². The van der Waals surface area contributed by atoms with E-state index < -0.39 is 21.0 Å². The van der Waals surface area contributed by atoms with E-state index in [9.17, 15) is 13.2 Å². The second-order valence-corrected chi connectivity index (χ2v) is 9.32. The van der Waals surface area contributed by atoms with E-state index in [0.717, 1.165) is 5.56 Å². The summed E-state index contributed by atoms with van der Waals surface area (Å²) in [5.41, 5.74) is 2.56. The Kier molecular flexibility index (Phi) is 3.96. The smallest absolute Gasteiger partial charge is 0.241 e. The fraction of sp³-hybridized carbons (Fsp3) is 0.182. The first-order chi connectivity index (χ1) is 14.0. The van der Waals surface area contributed by atoms with E-state index in [1.165, 1.54) is 12.0 Å². The molecule has 0 radical (unpaired) electrons. The van der Waals surface area contributed by atoms with Crippen molar-refractivity contribution >= 4 is 27.2 Å². The quantitative estimate of drug-likeness (QED) is 0.651. The molecule has 2 atom stereocenters. The van der Waals surface area contributed by atoms with Crippen LogP contribution in [0.3, 0.4) is 0 Å². The Labute approximate surface area is 168 Å². The summed E-state index contributed by atoms with van der Waals surface area (Å²) in [4.78, 5) is 19.6. The van der Waals surface area contributed by atoms with Gasteiger partial charge in [-0.1, -0.05) is 30.3 Å². The van der Waals surface area contributed by atoms with Gasteiger partial charge in [-0.15, -0.1) is 0 Å². The molecule has 0 bridgehead atoms. The third-order valence-corrected chi connectivity index (χ3v) is 7.58. The van der Waals surface area contributed by atoms with Crippen molar-refractivity contribution < 1.29 is 17.9 Å². The van der Waals surface area contributed by atoms with Crippen LogP contribution in [0.25, 0.3) is 0 Å². The first kappa shape index (κ1) is 17.9. The highest BCUT2D eigenvalue weighted by Gasteiger charge is 2.51. The number of carbonyl (C=O) groups excluding carboxylic acids is 1. The minimum Gasteiger partial charge on any atom is -0.497 e. The second-order valence-electron chi connectivity index (χ2n) is 7.20. The minimum absolute atomic E-state index is 0.131. The molecule has 0 fully saturated rings. The Bertz CT molecular complexity index is 1220. The number of aromatic nitrogens is 1. The number of methoxy groups -OCH3 is 1. The summed E-state index contributed by atoms with van der Waals surface area (Å²) < 4.78 is 31.8. The fourth-order valence-electron chi connectivity index (χ4n) is 4.34. The average molecular weight is 406 g/mol. The lowest BCUT2D eigenvalue weighted by Gasteiger charge is -2.41. The molecule has 5 rings (SSSR count). The van der Waals surface area contributed by atoms with E-state index >= 15 is 0 Å². The third kappa shape index (κ3) is 2.65. The van der Waals surface area contributed by atoms with Gasteiger partial charge in [0.1, 0.15) is 16.8 Å². The Hall–Kier alpha value is -3.19. The molecule has 1 amide bonds. The standard InChI is InChI=1S/C22H18N2O4S/c1-28-16-9-10-17-14(12-16)13-29(26,27)20-18-8-5-11-23-21(18)24(22(25)19(17)20)15-6-3-2-4-7-15/h2-12,19-20H,13H2,1H3/t19-,20-/m0/s1. The van der Waals surface area contributed by atoms with Crippen LogP contribution in [-0.4, -0.2) is 26.4 Å². The summed E-state index contributed by atoms with van der Waals surface area (Å²) in [6.45, 7) is 0. The predicted molar refractivity (Wildman–Crippen MR) is 109 cm³/mol. The summed E-state index contributed by atoms with van der Waals surface area (Å²) in [5.74, 6) is -0.296. The number of benzene rings is 2. The lowest BCUT2D eigenvalue weighted by molar-refractivity contribution is -0.119.